The van der Waals surface area contributed by atoms with Crippen LogP contribution in [-0.2, 0) is 28.5 Å². The van der Waals surface area contributed by atoms with Crippen LogP contribution in [0.2, 0.25) is 0 Å². The monoisotopic (exact) mass is 259 g/mol. The molecule has 0 aliphatic carbocycles. The van der Waals surface area contributed by atoms with Gasteiger partial charge in [-0.25, -0.2) is 0 Å². The Morgan fingerprint density at radius 3 is 2.83 bits per heavy atom. The van der Waals surface area contributed by atoms with Crippen LogP contribution in [0.5, 0.6) is 0 Å². The summed E-state index contributed by atoms with van der Waals surface area (Å²) < 4.78 is 29.3. The first kappa shape index (κ1) is 11.9. The normalized spacial score (nSPS) is 39.7. The maximum Gasteiger partial charge on any atom is 0.302 e. The lowest BCUT2D eigenvalue weighted by Gasteiger charge is -2.36. The second-order valence-corrected chi connectivity index (χ2v) is 4.44. The van der Waals surface area contributed by atoms with Crippen LogP contribution in [0.15, 0.2) is 0 Å². The van der Waals surface area contributed by atoms with E-state index in [0.717, 1.165) is 0 Å². The van der Waals surface area contributed by atoms with Crippen molar-refractivity contribution in [1.82, 2.24) is 0 Å². The first-order valence-electron chi connectivity index (χ1n) is 6.56. The van der Waals surface area contributed by atoms with Crippen molar-refractivity contribution in [2.75, 3.05) is 13.2 Å². The largest absolute Gasteiger partial charge is 0.463 e. The lowest BCUT2D eigenvalue weighted by molar-refractivity contribution is -0.235. The lowest BCUT2D eigenvalue weighted by Crippen LogP contribution is -2.47. The molecular weight excluding hydrogens is 240 g/mol. The van der Waals surface area contributed by atoms with Crippen LogP contribution in [-0.4, -0.2) is 43.7 Å². The van der Waals surface area contributed by atoms with Gasteiger partial charge in [-0.2, -0.15) is 0 Å². The Labute approximate surface area is 107 Å². The van der Waals surface area contributed by atoms with Gasteiger partial charge in [0.05, 0.1) is 6.61 Å². The third-order valence-electron chi connectivity index (χ3n) is 2.95. The summed E-state index contributed by atoms with van der Waals surface area (Å²) in [5.74, 6) is -1.03. The Kier molecular flexibility index (Phi) is 3.75. The fourth-order valence-corrected chi connectivity index (χ4v) is 2.16. The third-order valence-corrected chi connectivity index (χ3v) is 2.95. The second-order valence-electron chi connectivity index (χ2n) is 4.44. The van der Waals surface area contributed by atoms with E-state index in [1.807, 2.05) is 0 Å². The Balaban J connectivity index is 2.07. The number of carbonyl (C=O) groups excluding carboxylic acids is 2. The number of hydrogen-bond donors (Lipinski definition) is 0. The summed E-state index contributed by atoms with van der Waals surface area (Å²) in [5.41, 5.74) is 0. The molecule has 0 radical (unpaired) electrons. The van der Waals surface area contributed by atoms with Crippen molar-refractivity contribution < 1.29 is 29.9 Å². The zero-order chi connectivity index (χ0) is 14.0. The van der Waals surface area contributed by atoms with E-state index in [2.05, 4.69) is 0 Å². The first-order valence-corrected chi connectivity index (χ1v) is 5.99. The molecule has 0 aromatic heterocycles. The maximum atomic E-state index is 11.1. The van der Waals surface area contributed by atoms with Crippen LogP contribution < -0.4 is 0 Å². The molecule has 0 bridgehead atoms. The molecule has 0 spiro atoms. The van der Waals surface area contributed by atoms with Gasteiger partial charge in [0.15, 0.2) is 6.29 Å². The van der Waals surface area contributed by atoms with Crippen LogP contribution in [0.3, 0.4) is 0 Å². The van der Waals surface area contributed by atoms with Gasteiger partial charge in [-0.3, -0.25) is 9.59 Å². The highest BCUT2D eigenvalue weighted by Crippen LogP contribution is 2.34. The Morgan fingerprint density at radius 1 is 1.39 bits per heavy atom. The molecule has 0 saturated carbocycles. The van der Waals surface area contributed by atoms with Gasteiger partial charge < -0.3 is 18.9 Å². The molecular formula is C12H18O6. The average Bonchev–Trinajstić information content (AvgIpc) is 2.78. The highest BCUT2D eigenvalue weighted by atomic mass is 16.7. The molecule has 6 heteroatoms. The van der Waals surface area contributed by atoms with E-state index in [0.29, 0.717) is 13.0 Å². The molecule has 2 fully saturated rings. The minimum atomic E-state index is -0.736. The molecule has 6 nitrogen and oxygen atoms in total. The predicted molar refractivity (Wildman–Crippen MR) is 59.5 cm³/mol. The highest BCUT2D eigenvalue weighted by Gasteiger charge is 2.43. The minimum Gasteiger partial charge on any atom is -0.463 e. The summed E-state index contributed by atoms with van der Waals surface area (Å²) in [6.07, 6.45) is -1.80. The Hall–Kier alpha value is -1.14. The zero-order valence-electron chi connectivity index (χ0n) is 11.5. The molecule has 18 heavy (non-hydrogen) atoms. The quantitative estimate of drug-likeness (QED) is 0.692. The number of esters is 2. The van der Waals surface area contributed by atoms with Gasteiger partial charge in [0, 0.05) is 21.1 Å². The van der Waals surface area contributed by atoms with Gasteiger partial charge >= 0.3 is 11.9 Å². The molecule has 2 heterocycles. The van der Waals surface area contributed by atoms with Gasteiger partial charge in [-0.15, -0.1) is 0 Å². The SMILES string of the molecule is [2H][C@@H]1[C@H]2CCO[C@@H]2O[C@H](COC(C)=O)[C@H]1OC(C)=O. The molecule has 0 amide bonds. The molecule has 0 unspecified atom stereocenters. The van der Waals surface area contributed by atoms with Crippen molar-refractivity contribution in [1.29, 1.82) is 0 Å². The van der Waals surface area contributed by atoms with Crippen molar-refractivity contribution >= 4 is 11.9 Å². The third kappa shape index (κ3) is 3.20. The molecule has 0 aromatic carbocycles. The molecule has 2 saturated heterocycles. The van der Waals surface area contributed by atoms with Crippen molar-refractivity contribution in [2.24, 2.45) is 5.92 Å². The van der Waals surface area contributed by atoms with Gasteiger partial charge in [0.25, 0.3) is 0 Å². The molecule has 0 aromatic rings. The summed E-state index contributed by atoms with van der Waals surface area (Å²) in [4.78, 5) is 22.0. The van der Waals surface area contributed by atoms with E-state index < -0.39 is 36.8 Å². The van der Waals surface area contributed by atoms with Crippen LogP contribution in [0.1, 0.15) is 28.0 Å². The molecule has 102 valence electrons. The van der Waals surface area contributed by atoms with Gasteiger partial charge in [0.1, 0.15) is 18.8 Å². The standard InChI is InChI=1S/C12H18O6/c1-7(13)16-6-11-10(17-8(2)14)5-9-3-4-15-12(9)18-11/h9-12H,3-6H2,1-2H3/t9-,10+,11-,12-/m1/s1/i5D/t5-,9-,10+,11-,12-. The molecule has 2 aliphatic rings. The van der Waals surface area contributed by atoms with E-state index in [1.54, 1.807) is 0 Å². The summed E-state index contributed by atoms with van der Waals surface area (Å²) in [5, 5.41) is 0. The van der Waals surface area contributed by atoms with Gasteiger partial charge in [-0.1, -0.05) is 0 Å². The second kappa shape index (κ2) is 5.67. The lowest BCUT2D eigenvalue weighted by atomic mass is 9.93. The highest BCUT2D eigenvalue weighted by molar-refractivity contribution is 5.66. The van der Waals surface area contributed by atoms with Crippen LogP contribution in [0.4, 0.5) is 0 Å². The van der Waals surface area contributed by atoms with Gasteiger partial charge in [0.2, 0.25) is 0 Å². The zero-order valence-corrected chi connectivity index (χ0v) is 10.5. The number of rotatable bonds is 3. The van der Waals surface area contributed by atoms with Crippen LogP contribution in [0.25, 0.3) is 0 Å². The maximum absolute atomic E-state index is 11.1. The average molecular weight is 259 g/mol. The summed E-state index contributed by atoms with van der Waals surface area (Å²) in [7, 11) is 0. The predicted octanol–water partition coefficient (Wildman–Crippen LogP) is 0.633. The Morgan fingerprint density at radius 2 is 2.17 bits per heavy atom. The van der Waals surface area contributed by atoms with Crippen molar-refractivity contribution in [3.05, 3.63) is 0 Å². The first-order chi connectivity index (χ1) is 8.99. The number of hydrogen-bond acceptors (Lipinski definition) is 6. The van der Waals surface area contributed by atoms with E-state index in [4.69, 9.17) is 20.3 Å². The van der Waals surface area contributed by atoms with E-state index >= 15 is 0 Å². The smallest absolute Gasteiger partial charge is 0.302 e. The molecule has 5 atom stereocenters. The van der Waals surface area contributed by atoms with Gasteiger partial charge in [-0.05, 0) is 12.8 Å². The van der Waals surface area contributed by atoms with Crippen molar-refractivity contribution in [3.8, 4) is 0 Å². The summed E-state index contributed by atoms with van der Waals surface area (Å²) in [6, 6.07) is 0. The topological polar surface area (TPSA) is 71.1 Å². The fourth-order valence-electron chi connectivity index (χ4n) is 2.16. The molecule has 0 N–H and O–H groups in total. The molecule has 2 rings (SSSR count). The number of fused-ring (bicyclic) bond motifs is 1. The van der Waals surface area contributed by atoms with Crippen molar-refractivity contribution in [3.63, 3.8) is 0 Å². The summed E-state index contributed by atoms with van der Waals surface area (Å²) >= 11 is 0. The minimum absolute atomic E-state index is 0.0464. The van der Waals surface area contributed by atoms with Crippen molar-refractivity contribution in [2.45, 2.75) is 45.2 Å². The fraction of sp³-hybridized carbons (Fsp3) is 0.833. The van der Waals surface area contributed by atoms with E-state index in [9.17, 15) is 9.59 Å². The van der Waals surface area contributed by atoms with Crippen LogP contribution in [0, 0.1) is 5.92 Å². The van der Waals surface area contributed by atoms with E-state index in [1.165, 1.54) is 13.8 Å². The van der Waals surface area contributed by atoms with E-state index in [-0.39, 0.29) is 12.5 Å². The Bertz CT molecular complexity index is 360. The van der Waals surface area contributed by atoms with Crippen LogP contribution >= 0.6 is 0 Å². The summed E-state index contributed by atoms with van der Waals surface area (Å²) in [6.45, 7) is 3.05. The number of ether oxygens (including phenoxy) is 4. The molecule has 2 aliphatic heterocycles. The number of carbonyl (C=O) groups is 2.